The van der Waals surface area contributed by atoms with Gasteiger partial charge in [0.1, 0.15) is 0 Å². The second-order valence-corrected chi connectivity index (χ2v) is 7.55. The molecule has 4 aromatic rings. The lowest BCUT2D eigenvalue weighted by molar-refractivity contribution is 0.0957. The van der Waals surface area contributed by atoms with Crippen LogP contribution in [0.15, 0.2) is 76.5 Å². The van der Waals surface area contributed by atoms with Gasteiger partial charge in [-0.1, -0.05) is 55.8 Å². The molecule has 5 heteroatoms. The Morgan fingerprint density at radius 2 is 1.97 bits per heavy atom. The molecule has 144 valence electrons. The van der Waals surface area contributed by atoms with Crippen molar-refractivity contribution in [2.45, 2.75) is 19.8 Å². The van der Waals surface area contributed by atoms with Crippen LogP contribution in [0.4, 0.5) is 0 Å². The number of carbonyl (C=O) groups excluding carboxylic acids is 1. The van der Waals surface area contributed by atoms with Crippen LogP contribution in [0.5, 0.6) is 0 Å². The summed E-state index contributed by atoms with van der Waals surface area (Å²) in [5.74, 6) is -0.251. The molecule has 1 N–H and O–H groups in total. The van der Waals surface area contributed by atoms with Gasteiger partial charge >= 0.3 is 0 Å². The predicted octanol–water partition coefficient (Wildman–Crippen LogP) is 5.68. The minimum absolute atomic E-state index is 0.251. The van der Waals surface area contributed by atoms with Gasteiger partial charge < -0.3 is 0 Å². The normalized spacial score (nSPS) is 11.2. The number of fused-ring (bicyclic) bond motifs is 1. The van der Waals surface area contributed by atoms with E-state index in [2.05, 4.69) is 41.7 Å². The van der Waals surface area contributed by atoms with Crippen molar-refractivity contribution in [3.8, 4) is 11.3 Å². The fraction of sp³-hybridized carbons (Fsp3) is 0.125. The van der Waals surface area contributed by atoms with Crippen molar-refractivity contribution in [2.24, 2.45) is 5.10 Å². The second kappa shape index (κ2) is 8.80. The monoisotopic (exact) mass is 399 g/mol. The summed E-state index contributed by atoms with van der Waals surface area (Å²) in [6.45, 7) is 2.17. The first kappa shape index (κ1) is 19.0. The minimum Gasteiger partial charge on any atom is -0.267 e. The number of hydrazone groups is 1. The summed E-state index contributed by atoms with van der Waals surface area (Å²) in [5.41, 5.74) is 8.02. The molecule has 4 rings (SSSR count). The Hall–Kier alpha value is -3.31. The topological polar surface area (TPSA) is 54.4 Å². The van der Waals surface area contributed by atoms with Crippen LogP contribution in [-0.2, 0) is 6.42 Å². The lowest BCUT2D eigenvalue weighted by atomic mass is 10.0. The van der Waals surface area contributed by atoms with E-state index < -0.39 is 0 Å². The summed E-state index contributed by atoms with van der Waals surface area (Å²) < 4.78 is 0. The Bertz CT molecular complexity index is 1150. The fourth-order valence-electron chi connectivity index (χ4n) is 3.22. The lowest BCUT2D eigenvalue weighted by Gasteiger charge is -2.09. The molecule has 0 spiro atoms. The van der Waals surface area contributed by atoms with Gasteiger partial charge in [-0.3, -0.25) is 4.79 Å². The van der Waals surface area contributed by atoms with Crippen molar-refractivity contribution in [3.05, 3.63) is 88.1 Å². The summed E-state index contributed by atoms with van der Waals surface area (Å²) in [4.78, 5) is 17.6. The number of aromatic nitrogens is 1. The van der Waals surface area contributed by atoms with Crippen LogP contribution in [0.2, 0.25) is 0 Å². The van der Waals surface area contributed by atoms with E-state index in [-0.39, 0.29) is 5.91 Å². The van der Waals surface area contributed by atoms with Gasteiger partial charge in [0.25, 0.3) is 5.91 Å². The van der Waals surface area contributed by atoms with Crippen molar-refractivity contribution in [3.63, 3.8) is 0 Å². The number of nitrogens with zero attached hydrogens (tertiary/aromatic N) is 2. The van der Waals surface area contributed by atoms with Gasteiger partial charge in [0, 0.05) is 16.5 Å². The summed E-state index contributed by atoms with van der Waals surface area (Å²) in [7, 11) is 0. The number of amides is 1. The third-order valence-corrected chi connectivity index (χ3v) is 5.37. The van der Waals surface area contributed by atoms with E-state index in [1.165, 1.54) is 5.56 Å². The highest BCUT2D eigenvalue weighted by Crippen LogP contribution is 2.25. The fourth-order valence-corrected chi connectivity index (χ4v) is 3.83. The van der Waals surface area contributed by atoms with Crippen molar-refractivity contribution < 1.29 is 4.79 Å². The molecule has 2 heterocycles. The first-order valence-electron chi connectivity index (χ1n) is 9.59. The Balaban J connectivity index is 1.67. The van der Waals surface area contributed by atoms with Crippen LogP contribution >= 0.6 is 11.3 Å². The zero-order valence-corrected chi connectivity index (χ0v) is 16.9. The molecule has 0 fully saturated rings. The summed E-state index contributed by atoms with van der Waals surface area (Å²) >= 11 is 1.59. The van der Waals surface area contributed by atoms with E-state index in [0.717, 1.165) is 40.6 Å². The number of rotatable bonds is 6. The lowest BCUT2D eigenvalue weighted by Crippen LogP contribution is -2.18. The molecule has 2 aromatic carbocycles. The van der Waals surface area contributed by atoms with E-state index >= 15 is 0 Å². The molecular formula is C24H21N3OS. The summed E-state index contributed by atoms with van der Waals surface area (Å²) in [5, 5.41) is 8.84. The van der Waals surface area contributed by atoms with Crippen LogP contribution in [0.1, 0.15) is 34.8 Å². The molecule has 4 nitrogen and oxygen atoms in total. The maximum Gasteiger partial charge on any atom is 0.272 e. The standard InChI is InChI=1S/C24H21N3OS/c1-2-5-17-8-10-19(11-9-17)23-14-21(20-6-3-4-7-22(20)26-23)24(28)27-25-15-18-12-13-29-16-18/h3-4,6-16H,2,5H2,1H3,(H,27,28). The van der Waals surface area contributed by atoms with Crippen LogP contribution in [0.3, 0.4) is 0 Å². The molecule has 0 bridgehead atoms. The Morgan fingerprint density at radius 1 is 1.14 bits per heavy atom. The van der Waals surface area contributed by atoms with Crippen LogP contribution < -0.4 is 5.43 Å². The maximum absolute atomic E-state index is 12.9. The third kappa shape index (κ3) is 4.41. The number of para-hydroxylation sites is 1. The number of nitrogens with one attached hydrogen (secondary N) is 1. The molecule has 0 aliphatic rings. The van der Waals surface area contributed by atoms with E-state index in [1.807, 2.05) is 47.2 Å². The van der Waals surface area contributed by atoms with Crippen LogP contribution in [0.25, 0.3) is 22.2 Å². The van der Waals surface area contributed by atoms with Gasteiger partial charge in [-0.2, -0.15) is 16.4 Å². The molecule has 1 amide bonds. The molecule has 0 saturated carbocycles. The van der Waals surface area contributed by atoms with E-state index in [9.17, 15) is 4.79 Å². The average Bonchev–Trinajstić information content (AvgIpc) is 3.27. The van der Waals surface area contributed by atoms with Gasteiger partial charge in [-0.25, -0.2) is 10.4 Å². The number of hydrogen-bond donors (Lipinski definition) is 1. The highest BCUT2D eigenvalue weighted by Gasteiger charge is 2.13. The van der Waals surface area contributed by atoms with Gasteiger partial charge in [-0.15, -0.1) is 0 Å². The van der Waals surface area contributed by atoms with Gasteiger partial charge in [0.15, 0.2) is 0 Å². The highest BCUT2D eigenvalue weighted by atomic mass is 32.1. The number of pyridine rings is 1. The zero-order valence-electron chi connectivity index (χ0n) is 16.1. The Morgan fingerprint density at radius 3 is 2.72 bits per heavy atom. The van der Waals surface area contributed by atoms with Crippen molar-refractivity contribution in [1.82, 2.24) is 10.4 Å². The van der Waals surface area contributed by atoms with E-state index in [4.69, 9.17) is 4.98 Å². The van der Waals surface area contributed by atoms with Crippen molar-refractivity contribution >= 4 is 34.4 Å². The summed E-state index contributed by atoms with van der Waals surface area (Å²) in [6, 6.07) is 19.9. The van der Waals surface area contributed by atoms with E-state index in [1.54, 1.807) is 17.6 Å². The van der Waals surface area contributed by atoms with Gasteiger partial charge in [0.05, 0.1) is 23.0 Å². The molecule has 2 aromatic heterocycles. The first-order chi connectivity index (χ1) is 14.2. The number of aryl methyl sites for hydroxylation is 1. The number of benzene rings is 2. The Labute approximate surface area is 173 Å². The minimum atomic E-state index is -0.251. The SMILES string of the molecule is CCCc1ccc(-c2cc(C(=O)NN=Cc3ccsc3)c3ccccc3n2)cc1. The number of hydrogen-bond acceptors (Lipinski definition) is 4. The smallest absolute Gasteiger partial charge is 0.267 e. The average molecular weight is 400 g/mol. The molecule has 0 saturated heterocycles. The van der Waals surface area contributed by atoms with Crippen LogP contribution in [0, 0.1) is 0 Å². The predicted molar refractivity (Wildman–Crippen MR) is 121 cm³/mol. The molecule has 0 radical (unpaired) electrons. The third-order valence-electron chi connectivity index (χ3n) is 4.67. The molecular weight excluding hydrogens is 378 g/mol. The maximum atomic E-state index is 12.9. The zero-order chi connectivity index (χ0) is 20.1. The van der Waals surface area contributed by atoms with E-state index in [0.29, 0.717) is 5.56 Å². The second-order valence-electron chi connectivity index (χ2n) is 6.77. The molecule has 0 aliphatic heterocycles. The van der Waals surface area contributed by atoms with Gasteiger partial charge in [-0.05, 0) is 40.9 Å². The molecule has 0 unspecified atom stereocenters. The van der Waals surface area contributed by atoms with Crippen molar-refractivity contribution in [1.29, 1.82) is 0 Å². The first-order valence-corrected chi connectivity index (χ1v) is 10.5. The van der Waals surface area contributed by atoms with Crippen LogP contribution in [-0.4, -0.2) is 17.1 Å². The van der Waals surface area contributed by atoms with Crippen molar-refractivity contribution in [2.75, 3.05) is 0 Å². The quantitative estimate of drug-likeness (QED) is 0.335. The molecule has 0 atom stereocenters. The Kier molecular flexibility index (Phi) is 5.77. The largest absolute Gasteiger partial charge is 0.272 e. The van der Waals surface area contributed by atoms with Gasteiger partial charge in [0.2, 0.25) is 0 Å². The summed E-state index contributed by atoms with van der Waals surface area (Å²) in [6.07, 6.45) is 3.82. The number of thiophene rings is 1. The highest BCUT2D eigenvalue weighted by molar-refractivity contribution is 7.08. The molecule has 29 heavy (non-hydrogen) atoms. The number of carbonyl (C=O) groups is 1. The molecule has 0 aliphatic carbocycles.